The lowest BCUT2D eigenvalue weighted by molar-refractivity contribution is -0.117. The van der Waals surface area contributed by atoms with Gasteiger partial charge in [0.1, 0.15) is 5.75 Å². The minimum absolute atomic E-state index is 0.0269. The SMILES string of the molecule is C=CCN1CC[C@@]2(c3cccc(O)c3)C[C@H](NC(=O)/C=C/c3ccoc3)CC[C@@H]2C1. The van der Waals surface area contributed by atoms with Crippen molar-refractivity contribution < 1.29 is 14.3 Å². The van der Waals surface area contributed by atoms with Crippen LogP contribution in [0.1, 0.15) is 36.8 Å². The Morgan fingerprint density at radius 1 is 1.37 bits per heavy atom. The Morgan fingerprint density at radius 3 is 3.03 bits per heavy atom. The van der Waals surface area contributed by atoms with E-state index < -0.39 is 0 Å². The zero-order chi connectivity index (χ0) is 21.0. The number of hydrogen-bond donors (Lipinski definition) is 2. The van der Waals surface area contributed by atoms with E-state index in [1.165, 1.54) is 5.56 Å². The number of piperidine rings is 1. The summed E-state index contributed by atoms with van der Waals surface area (Å²) in [6.07, 6.45) is 12.5. The number of amides is 1. The summed E-state index contributed by atoms with van der Waals surface area (Å²) in [5.74, 6) is 0.737. The molecule has 1 aromatic carbocycles. The molecule has 1 saturated heterocycles. The molecule has 5 nitrogen and oxygen atoms in total. The molecule has 1 aliphatic carbocycles. The number of carbonyl (C=O) groups excluding carboxylic acids is 1. The van der Waals surface area contributed by atoms with Crippen LogP contribution in [0.25, 0.3) is 6.08 Å². The molecular formula is C25H30N2O3. The molecule has 1 aliphatic heterocycles. The third-order valence-corrected chi connectivity index (χ3v) is 6.73. The van der Waals surface area contributed by atoms with E-state index in [4.69, 9.17) is 4.42 Å². The minimum atomic E-state index is -0.0743. The Balaban J connectivity index is 1.52. The predicted molar refractivity (Wildman–Crippen MR) is 118 cm³/mol. The first kappa shape index (κ1) is 20.5. The number of phenolic OH excluding ortho intramolecular Hbond substituents is 1. The van der Waals surface area contributed by atoms with Crippen molar-refractivity contribution in [3.8, 4) is 5.75 Å². The van der Waals surface area contributed by atoms with Crippen LogP contribution in [0.15, 0.2) is 66.0 Å². The smallest absolute Gasteiger partial charge is 0.244 e. The molecule has 2 N–H and O–H groups in total. The number of hydrogen-bond acceptors (Lipinski definition) is 4. The van der Waals surface area contributed by atoms with Gasteiger partial charge in [0.25, 0.3) is 0 Å². The van der Waals surface area contributed by atoms with Gasteiger partial charge in [-0.3, -0.25) is 9.69 Å². The summed E-state index contributed by atoms with van der Waals surface area (Å²) in [6, 6.07) is 9.66. The Kier molecular flexibility index (Phi) is 6.09. The van der Waals surface area contributed by atoms with E-state index in [0.29, 0.717) is 11.7 Å². The van der Waals surface area contributed by atoms with E-state index in [0.717, 1.165) is 50.9 Å². The predicted octanol–water partition coefficient (Wildman–Crippen LogP) is 4.11. The van der Waals surface area contributed by atoms with Gasteiger partial charge in [-0.15, -0.1) is 6.58 Å². The minimum Gasteiger partial charge on any atom is -0.508 e. The molecule has 1 aromatic heterocycles. The third-order valence-electron chi connectivity index (χ3n) is 6.73. The molecule has 158 valence electrons. The molecule has 2 aliphatic rings. The van der Waals surface area contributed by atoms with E-state index in [1.807, 2.05) is 24.3 Å². The molecule has 5 heteroatoms. The van der Waals surface area contributed by atoms with Gasteiger partial charge in [-0.25, -0.2) is 0 Å². The van der Waals surface area contributed by atoms with Gasteiger partial charge in [0, 0.05) is 36.2 Å². The number of aromatic hydroxyl groups is 1. The first-order valence-corrected chi connectivity index (χ1v) is 10.7. The summed E-state index contributed by atoms with van der Waals surface area (Å²) in [5.41, 5.74) is 2.04. The lowest BCUT2D eigenvalue weighted by Gasteiger charge is -2.53. The van der Waals surface area contributed by atoms with Gasteiger partial charge in [-0.1, -0.05) is 18.2 Å². The molecule has 0 spiro atoms. The summed E-state index contributed by atoms with van der Waals surface area (Å²) in [6.45, 7) is 6.83. The molecule has 4 rings (SSSR count). The number of fused-ring (bicyclic) bond motifs is 1. The van der Waals surface area contributed by atoms with Crippen LogP contribution in [0.4, 0.5) is 0 Å². The number of nitrogens with one attached hydrogen (secondary N) is 1. The number of benzene rings is 1. The largest absolute Gasteiger partial charge is 0.508 e. The second-order valence-corrected chi connectivity index (χ2v) is 8.58. The highest BCUT2D eigenvalue weighted by Crippen LogP contribution is 2.49. The Hall–Kier alpha value is -2.79. The Bertz CT molecular complexity index is 905. The number of rotatable bonds is 6. The highest BCUT2D eigenvalue weighted by Gasteiger charge is 2.48. The van der Waals surface area contributed by atoms with Crippen LogP contribution in [-0.2, 0) is 10.2 Å². The van der Waals surface area contributed by atoms with Gasteiger partial charge in [0.15, 0.2) is 0 Å². The summed E-state index contributed by atoms with van der Waals surface area (Å²) in [4.78, 5) is 15.0. The van der Waals surface area contributed by atoms with Crippen LogP contribution in [0.5, 0.6) is 5.75 Å². The maximum absolute atomic E-state index is 12.5. The summed E-state index contributed by atoms with van der Waals surface area (Å²) < 4.78 is 5.04. The van der Waals surface area contributed by atoms with Crippen LogP contribution in [0, 0.1) is 5.92 Å². The van der Waals surface area contributed by atoms with E-state index >= 15 is 0 Å². The number of nitrogens with zero attached hydrogens (tertiary/aromatic N) is 1. The quantitative estimate of drug-likeness (QED) is 0.560. The monoisotopic (exact) mass is 406 g/mol. The number of carbonyl (C=O) groups is 1. The van der Waals surface area contributed by atoms with Crippen molar-refractivity contribution in [1.29, 1.82) is 0 Å². The van der Waals surface area contributed by atoms with Crippen molar-refractivity contribution in [1.82, 2.24) is 10.2 Å². The molecule has 1 saturated carbocycles. The first-order chi connectivity index (χ1) is 14.6. The fourth-order valence-corrected chi connectivity index (χ4v) is 5.30. The average Bonchev–Trinajstić information content (AvgIpc) is 3.26. The maximum Gasteiger partial charge on any atom is 0.244 e. The highest BCUT2D eigenvalue weighted by atomic mass is 16.3. The molecule has 0 unspecified atom stereocenters. The second-order valence-electron chi connectivity index (χ2n) is 8.58. The maximum atomic E-state index is 12.5. The fourth-order valence-electron chi connectivity index (χ4n) is 5.30. The fraction of sp³-hybridized carbons (Fsp3) is 0.400. The molecule has 1 amide bonds. The van der Waals surface area contributed by atoms with Gasteiger partial charge in [0.2, 0.25) is 5.91 Å². The summed E-state index contributed by atoms with van der Waals surface area (Å²) in [7, 11) is 0. The van der Waals surface area contributed by atoms with Crippen LogP contribution >= 0.6 is 0 Å². The van der Waals surface area contributed by atoms with E-state index in [-0.39, 0.29) is 17.4 Å². The van der Waals surface area contributed by atoms with Crippen LogP contribution in [0.3, 0.4) is 0 Å². The Morgan fingerprint density at radius 2 is 2.27 bits per heavy atom. The average molecular weight is 407 g/mol. The molecule has 0 bridgehead atoms. The molecule has 3 atom stereocenters. The molecule has 30 heavy (non-hydrogen) atoms. The lowest BCUT2D eigenvalue weighted by atomic mass is 9.58. The van der Waals surface area contributed by atoms with Crippen LogP contribution in [-0.4, -0.2) is 41.6 Å². The van der Waals surface area contributed by atoms with Gasteiger partial charge < -0.3 is 14.8 Å². The topological polar surface area (TPSA) is 65.7 Å². The molecular weight excluding hydrogens is 376 g/mol. The highest BCUT2D eigenvalue weighted by molar-refractivity contribution is 5.91. The standard InChI is InChI=1S/C25H30N2O3/c1-2-12-27-13-11-25(20-4-3-5-23(28)15-20)16-22(8-7-21(25)17-27)26-24(29)9-6-19-10-14-30-18-19/h2-6,9-10,14-15,18,21-22,28H,1,7-8,11-13,16-17H2,(H,26,29)/b9-6+/t21-,22-,25+/m1/s1. The van der Waals surface area contributed by atoms with Crippen molar-refractivity contribution in [2.24, 2.45) is 5.92 Å². The summed E-state index contributed by atoms with van der Waals surface area (Å²) in [5, 5.41) is 13.3. The Labute approximate surface area is 178 Å². The van der Waals surface area contributed by atoms with E-state index in [9.17, 15) is 9.90 Å². The van der Waals surface area contributed by atoms with Gasteiger partial charge in [0.05, 0.1) is 12.5 Å². The molecule has 2 fully saturated rings. The van der Waals surface area contributed by atoms with Crippen molar-refractivity contribution >= 4 is 12.0 Å². The zero-order valence-electron chi connectivity index (χ0n) is 17.3. The zero-order valence-corrected chi connectivity index (χ0v) is 17.3. The molecule has 2 heterocycles. The number of furan rings is 1. The van der Waals surface area contributed by atoms with E-state index in [1.54, 1.807) is 30.7 Å². The van der Waals surface area contributed by atoms with Crippen LogP contribution in [0.2, 0.25) is 0 Å². The number of phenols is 1. The normalized spacial score (nSPS) is 26.9. The summed E-state index contributed by atoms with van der Waals surface area (Å²) >= 11 is 0. The third kappa shape index (κ3) is 4.36. The second kappa shape index (κ2) is 8.92. The van der Waals surface area contributed by atoms with Crippen molar-refractivity contribution in [3.05, 3.63) is 72.7 Å². The molecule has 0 radical (unpaired) electrons. The first-order valence-electron chi connectivity index (χ1n) is 10.7. The van der Waals surface area contributed by atoms with Crippen LogP contribution < -0.4 is 5.32 Å². The van der Waals surface area contributed by atoms with Gasteiger partial charge >= 0.3 is 0 Å². The van der Waals surface area contributed by atoms with Crippen molar-refractivity contribution in [3.63, 3.8) is 0 Å². The van der Waals surface area contributed by atoms with E-state index in [2.05, 4.69) is 22.9 Å². The molecule has 2 aromatic rings. The van der Waals surface area contributed by atoms with Crippen molar-refractivity contribution in [2.75, 3.05) is 19.6 Å². The van der Waals surface area contributed by atoms with Crippen molar-refractivity contribution in [2.45, 2.75) is 37.1 Å². The van der Waals surface area contributed by atoms with Gasteiger partial charge in [-0.05, 0) is 68.0 Å². The van der Waals surface area contributed by atoms with Gasteiger partial charge in [-0.2, -0.15) is 0 Å². The number of likely N-dealkylation sites (tertiary alicyclic amines) is 1. The lowest BCUT2D eigenvalue weighted by Crippen LogP contribution is -2.56.